The molecule has 15 heavy (non-hydrogen) atoms. The van der Waals surface area contributed by atoms with Crippen molar-refractivity contribution in [2.75, 3.05) is 5.32 Å². The van der Waals surface area contributed by atoms with Crippen LogP contribution in [0.2, 0.25) is 5.02 Å². The molecule has 2 aromatic rings. The minimum atomic E-state index is -0.343. The second-order valence-electron chi connectivity index (χ2n) is 2.55. The number of carbonyl (C=O) groups is 1. The van der Waals surface area contributed by atoms with Crippen molar-refractivity contribution >= 4 is 34.0 Å². The normalized spacial score (nSPS) is 9.93. The highest BCUT2D eigenvalue weighted by atomic mass is 35.5. The largest absolute Gasteiger partial charge is 0.296 e. The molecule has 1 amide bonds. The van der Waals surface area contributed by atoms with Crippen molar-refractivity contribution in [2.45, 2.75) is 0 Å². The van der Waals surface area contributed by atoms with Gasteiger partial charge in [-0.25, -0.2) is 0 Å². The van der Waals surface area contributed by atoms with Crippen LogP contribution < -0.4 is 5.32 Å². The number of halogens is 1. The molecule has 0 aliphatic heterocycles. The van der Waals surface area contributed by atoms with Gasteiger partial charge in [-0.2, -0.15) is 0 Å². The van der Waals surface area contributed by atoms with Gasteiger partial charge < -0.3 is 0 Å². The first-order valence-corrected chi connectivity index (χ1v) is 5.20. The van der Waals surface area contributed by atoms with Crippen LogP contribution in [0.15, 0.2) is 24.0 Å². The van der Waals surface area contributed by atoms with Gasteiger partial charge in [0.25, 0.3) is 5.91 Å². The van der Waals surface area contributed by atoms with Crippen LogP contribution in [0.5, 0.6) is 0 Å². The molecule has 0 aliphatic carbocycles. The van der Waals surface area contributed by atoms with Gasteiger partial charge >= 0.3 is 0 Å². The molecule has 0 saturated carbocycles. The fourth-order valence-electron chi connectivity index (χ4n) is 0.937. The molecule has 7 heteroatoms. The first-order valence-electron chi connectivity index (χ1n) is 3.94. The van der Waals surface area contributed by atoms with Gasteiger partial charge in [-0.3, -0.25) is 15.1 Å². The zero-order valence-electron chi connectivity index (χ0n) is 7.35. The van der Waals surface area contributed by atoms with E-state index in [1.54, 1.807) is 6.07 Å². The average molecular weight is 241 g/mol. The lowest BCUT2D eigenvalue weighted by Crippen LogP contribution is -2.12. The molecule has 2 rings (SSSR count). The molecule has 0 saturated heterocycles. The highest BCUT2D eigenvalue weighted by molar-refractivity contribution is 7.13. The van der Waals surface area contributed by atoms with Crippen molar-refractivity contribution in [1.82, 2.24) is 15.2 Å². The van der Waals surface area contributed by atoms with Crippen molar-refractivity contribution in [2.24, 2.45) is 0 Å². The minimum absolute atomic E-state index is 0.314. The Morgan fingerprint density at radius 1 is 1.53 bits per heavy atom. The van der Waals surface area contributed by atoms with E-state index in [9.17, 15) is 4.79 Å². The quantitative estimate of drug-likeness (QED) is 0.870. The lowest BCUT2D eigenvalue weighted by atomic mass is 10.3. The van der Waals surface area contributed by atoms with E-state index in [0.717, 1.165) is 0 Å². The van der Waals surface area contributed by atoms with Crippen LogP contribution in [0.1, 0.15) is 10.4 Å². The van der Waals surface area contributed by atoms with Crippen molar-refractivity contribution in [3.05, 3.63) is 34.6 Å². The van der Waals surface area contributed by atoms with Crippen molar-refractivity contribution < 1.29 is 4.79 Å². The Labute approximate surface area is 94.1 Å². The lowest BCUT2D eigenvalue weighted by Gasteiger charge is -2.01. The van der Waals surface area contributed by atoms with E-state index in [0.29, 0.717) is 15.7 Å². The number of rotatable bonds is 2. The molecule has 0 aliphatic rings. The van der Waals surface area contributed by atoms with Gasteiger partial charge in [-0.05, 0) is 6.07 Å². The van der Waals surface area contributed by atoms with Crippen LogP contribution in [0.4, 0.5) is 5.13 Å². The zero-order valence-corrected chi connectivity index (χ0v) is 8.92. The molecule has 0 unspecified atom stereocenters. The maximum atomic E-state index is 11.6. The summed E-state index contributed by atoms with van der Waals surface area (Å²) in [7, 11) is 0. The summed E-state index contributed by atoms with van der Waals surface area (Å²) in [5, 5.41) is 10.6. The SMILES string of the molecule is O=C(Nc1nncs1)c1cnccc1Cl. The highest BCUT2D eigenvalue weighted by Crippen LogP contribution is 2.16. The third kappa shape index (κ3) is 2.28. The number of carbonyl (C=O) groups excluding carboxylic acids is 1. The van der Waals surface area contributed by atoms with Crippen molar-refractivity contribution in [3.63, 3.8) is 0 Å². The molecule has 0 aromatic carbocycles. The predicted octanol–water partition coefficient (Wildman–Crippen LogP) is 1.84. The molecule has 0 atom stereocenters. The van der Waals surface area contributed by atoms with Gasteiger partial charge in [0.15, 0.2) is 0 Å². The number of hydrogen-bond donors (Lipinski definition) is 1. The Bertz CT molecular complexity index is 473. The van der Waals surface area contributed by atoms with Crippen LogP contribution in [0.3, 0.4) is 0 Å². The molecular formula is C8H5ClN4OS. The molecule has 0 fully saturated rings. The summed E-state index contributed by atoms with van der Waals surface area (Å²) in [6.45, 7) is 0. The third-order valence-corrected chi connectivity index (χ3v) is 2.53. The van der Waals surface area contributed by atoms with Crippen LogP contribution in [0, 0.1) is 0 Å². The molecule has 1 N–H and O–H groups in total. The number of aromatic nitrogens is 3. The fourth-order valence-corrected chi connectivity index (χ4v) is 1.57. The number of nitrogens with one attached hydrogen (secondary N) is 1. The Morgan fingerprint density at radius 2 is 2.40 bits per heavy atom. The monoisotopic (exact) mass is 240 g/mol. The maximum Gasteiger partial charge on any atom is 0.260 e. The maximum absolute atomic E-state index is 11.6. The molecule has 0 radical (unpaired) electrons. The Balaban J connectivity index is 2.19. The number of nitrogens with zero attached hydrogens (tertiary/aromatic N) is 3. The van der Waals surface area contributed by atoms with E-state index in [4.69, 9.17) is 11.6 Å². The first kappa shape index (κ1) is 10.0. The number of pyridine rings is 1. The molecular weight excluding hydrogens is 236 g/mol. The Kier molecular flexibility index (Phi) is 2.89. The van der Waals surface area contributed by atoms with Gasteiger partial charge in [0.2, 0.25) is 5.13 Å². The van der Waals surface area contributed by atoms with Crippen molar-refractivity contribution in [1.29, 1.82) is 0 Å². The summed E-state index contributed by atoms with van der Waals surface area (Å²) < 4.78 is 0. The summed E-state index contributed by atoms with van der Waals surface area (Å²) in [6.07, 6.45) is 2.92. The molecule has 2 heterocycles. The molecule has 0 bridgehead atoms. The average Bonchev–Trinajstić information content (AvgIpc) is 2.71. The van der Waals surface area contributed by atoms with E-state index >= 15 is 0 Å². The summed E-state index contributed by atoms with van der Waals surface area (Å²) in [6, 6.07) is 1.55. The predicted molar refractivity (Wildman–Crippen MR) is 57.1 cm³/mol. The van der Waals surface area contributed by atoms with E-state index in [2.05, 4.69) is 20.5 Å². The molecule has 76 valence electrons. The van der Waals surface area contributed by atoms with E-state index in [-0.39, 0.29) is 5.91 Å². The number of hydrogen-bond acceptors (Lipinski definition) is 5. The van der Waals surface area contributed by atoms with E-state index in [1.165, 1.54) is 29.2 Å². The Morgan fingerprint density at radius 3 is 3.07 bits per heavy atom. The molecule has 0 spiro atoms. The molecule has 2 aromatic heterocycles. The van der Waals surface area contributed by atoms with Crippen LogP contribution >= 0.6 is 22.9 Å². The standard InChI is InChI=1S/C8H5ClN4OS/c9-6-1-2-10-3-5(6)7(14)12-8-13-11-4-15-8/h1-4H,(H,12,13,14). The fraction of sp³-hybridized carbons (Fsp3) is 0. The second-order valence-corrected chi connectivity index (χ2v) is 3.79. The van der Waals surface area contributed by atoms with Gasteiger partial charge in [-0.1, -0.05) is 22.9 Å². The van der Waals surface area contributed by atoms with Crippen LogP contribution in [-0.4, -0.2) is 21.1 Å². The van der Waals surface area contributed by atoms with Gasteiger partial charge in [0, 0.05) is 12.4 Å². The highest BCUT2D eigenvalue weighted by Gasteiger charge is 2.11. The third-order valence-electron chi connectivity index (χ3n) is 1.59. The number of amides is 1. The molecule has 5 nitrogen and oxygen atoms in total. The second kappa shape index (κ2) is 4.33. The van der Waals surface area contributed by atoms with Crippen molar-refractivity contribution in [3.8, 4) is 0 Å². The number of anilines is 1. The Hall–Kier alpha value is -1.53. The summed E-state index contributed by atoms with van der Waals surface area (Å²) in [5.41, 5.74) is 1.84. The minimum Gasteiger partial charge on any atom is -0.296 e. The summed E-state index contributed by atoms with van der Waals surface area (Å²) in [5.74, 6) is -0.343. The summed E-state index contributed by atoms with van der Waals surface area (Å²) in [4.78, 5) is 15.5. The van der Waals surface area contributed by atoms with Gasteiger partial charge in [0.1, 0.15) is 5.51 Å². The van der Waals surface area contributed by atoms with Crippen LogP contribution in [-0.2, 0) is 0 Å². The van der Waals surface area contributed by atoms with Gasteiger partial charge in [-0.15, -0.1) is 10.2 Å². The summed E-state index contributed by atoms with van der Waals surface area (Å²) >= 11 is 7.06. The van der Waals surface area contributed by atoms with E-state index in [1.807, 2.05) is 0 Å². The van der Waals surface area contributed by atoms with E-state index < -0.39 is 0 Å². The van der Waals surface area contributed by atoms with Crippen LogP contribution in [0.25, 0.3) is 0 Å². The zero-order chi connectivity index (χ0) is 10.7. The topological polar surface area (TPSA) is 67.8 Å². The smallest absolute Gasteiger partial charge is 0.260 e. The lowest BCUT2D eigenvalue weighted by molar-refractivity contribution is 0.102. The van der Waals surface area contributed by atoms with Gasteiger partial charge in [0.05, 0.1) is 10.6 Å². The first-order chi connectivity index (χ1) is 7.27.